The van der Waals surface area contributed by atoms with Gasteiger partial charge >= 0.3 is 0 Å². The smallest absolute Gasteiger partial charge is 0.191 e. The predicted molar refractivity (Wildman–Crippen MR) is 105 cm³/mol. The monoisotopic (exact) mass is 437 g/mol. The Bertz CT molecular complexity index is 471. The number of rotatable bonds is 7. The van der Waals surface area contributed by atoms with Crippen LogP contribution in [0.25, 0.3) is 0 Å². The van der Waals surface area contributed by atoms with Crippen molar-refractivity contribution < 1.29 is 4.39 Å². The molecule has 0 aliphatic carbocycles. The number of guanidine groups is 1. The van der Waals surface area contributed by atoms with Crippen molar-refractivity contribution in [2.24, 2.45) is 4.99 Å². The van der Waals surface area contributed by atoms with E-state index in [2.05, 4.69) is 53.2 Å². The van der Waals surface area contributed by atoms with Crippen LogP contribution in [-0.2, 0) is 6.54 Å². The highest BCUT2D eigenvalue weighted by atomic mass is 127. The van der Waals surface area contributed by atoms with Gasteiger partial charge in [-0.15, -0.1) is 24.0 Å². The molecule has 7 heteroatoms. The zero-order chi connectivity index (χ0) is 16.5. The average Bonchev–Trinajstić information content (AvgIpc) is 2.47. The Morgan fingerprint density at radius 2 is 1.91 bits per heavy atom. The lowest BCUT2D eigenvalue weighted by Gasteiger charge is -2.30. The molecule has 0 aliphatic rings. The van der Waals surface area contributed by atoms with Gasteiger partial charge < -0.3 is 10.6 Å². The summed E-state index contributed by atoms with van der Waals surface area (Å²) in [7, 11) is 1.70. The van der Waals surface area contributed by atoms with E-state index in [1.165, 1.54) is 6.07 Å². The van der Waals surface area contributed by atoms with Crippen LogP contribution in [0.5, 0.6) is 0 Å². The number of nitrogens with one attached hydrogen (secondary N) is 2. The lowest BCUT2D eigenvalue weighted by molar-refractivity contribution is 0.178. The van der Waals surface area contributed by atoms with E-state index < -0.39 is 0 Å². The van der Waals surface area contributed by atoms with Gasteiger partial charge in [0.05, 0.1) is 12.2 Å². The molecule has 2 N–H and O–H groups in total. The summed E-state index contributed by atoms with van der Waals surface area (Å²) in [6.07, 6.45) is 1.58. The van der Waals surface area contributed by atoms with Gasteiger partial charge in [-0.3, -0.25) is 14.9 Å². The molecule has 0 saturated carbocycles. The Hall–Kier alpha value is -0.960. The van der Waals surface area contributed by atoms with Gasteiger partial charge in [-0.25, -0.2) is 4.39 Å². The largest absolute Gasteiger partial charge is 0.355 e. The molecule has 1 aromatic heterocycles. The first-order valence-corrected chi connectivity index (χ1v) is 7.75. The molecule has 0 atom stereocenters. The molecule has 1 rings (SSSR count). The van der Waals surface area contributed by atoms with E-state index in [-0.39, 0.29) is 29.8 Å². The number of aromatic nitrogens is 1. The summed E-state index contributed by atoms with van der Waals surface area (Å²) < 4.78 is 13.5. The van der Waals surface area contributed by atoms with Gasteiger partial charge in [0, 0.05) is 38.4 Å². The lowest BCUT2D eigenvalue weighted by Crippen LogP contribution is -2.45. The zero-order valence-electron chi connectivity index (χ0n) is 14.6. The van der Waals surface area contributed by atoms with Gasteiger partial charge in [-0.05, 0) is 39.8 Å². The highest BCUT2D eigenvalue weighted by Crippen LogP contribution is 2.03. The van der Waals surface area contributed by atoms with Crippen LogP contribution in [0.1, 0.15) is 33.4 Å². The fraction of sp³-hybridized carbons (Fsp3) is 0.625. The first-order valence-electron chi connectivity index (χ1n) is 7.75. The van der Waals surface area contributed by atoms with Gasteiger partial charge in [-0.1, -0.05) is 0 Å². The minimum atomic E-state index is -0.309. The minimum Gasteiger partial charge on any atom is -0.355 e. The molecule has 1 aromatic rings. The van der Waals surface area contributed by atoms with Gasteiger partial charge in [0.2, 0.25) is 0 Å². The third-order valence-electron chi connectivity index (χ3n) is 3.47. The van der Waals surface area contributed by atoms with Crippen molar-refractivity contribution in [3.05, 3.63) is 29.8 Å². The highest BCUT2D eigenvalue weighted by molar-refractivity contribution is 14.0. The first kappa shape index (κ1) is 22.0. The third kappa shape index (κ3) is 7.92. The molecule has 0 spiro atoms. The molecule has 0 fully saturated rings. The maximum atomic E-state index is 13.5. The Balaban J connectivity index is 0.00000484. The molecule has 0 unspecified atom stereocenters. The topological polar surface area (TPSA) is 52.6 Å². The molecule has 0 bridgehead atoms. The summed E-state index contributed by atoms with van der Waals surface area (Å²) >= 11 is 0. The van der Waals surface area contributed by atoms with E-state index in [4.69, 9.17) is 0 Å². The second kappa shape index (κ2) is 11.6. The SMILES string of the molecule is CN=C(NCCN(C(C)C)C(C)C)NCc1ncccc1F.I. The van der Waals surface area contributed by atoms with Gasteiger partial charge in [0.15, 0.2) is 5.96 Å². The molecule has 1 heterocycles. The maximum absolute atomic E-state index is 13.5. The number of hydrogen-bond acceptors (Lipinski definition) is 3. The van der Waals surface area contributed by atoms with E-state index >= 15 is 0 Å². The Labute approximate surface area is 156 Å². The zero-order valence-corrected chi connectivity index (χ0v) is 17.0. The van der Waals surface area contributed by atoms with E-state index in [9.17, 15) is 4.39 Å². The number of nitrogens with zero attached hydrogens (tertiary/aromatic N) is 3. The molecule has 0 amide bonds. The van der Waals surface area contributed by atoms with Crippen molar-refractivity contribution in [1.82, 2.24) is 20.5 Å². The standard InChI is InChI=1S/C16H28FN5.HI/c1-12(2)22(13(3)4)10-9-20-16(18-5)21-11-15-14(17)7-6-8-19-15;/h6-8,12-13H,9-11H2,1-5H3,(H2,18,20,21);1H. The van der Waals surface area contributed by atoms with E-state index in [0.717, 1.165) is 13.1 Å². The van der Waals surface area contributed by atoms with Crippen LogP contribution in [0.3, 0.4) is 0 Å². The first-order chi connectivity index (χ1) is 10.5. The summed E-state index contributed by atoms with van der Waals surface area (Å²) in [5.74, 6) is 0.341. The predicted octanol–water partition coefficient (Wildman–Crippen LogP) is 2.62. The van der Waals surface area contributed by atoms with Crippen LogP contribution < -0.4 is 10.6 Å². The number of halogens is 2. The van der Waals surface area contributed by atoms with E-state index in [1.807, 2.05) is 0 Å². The molecular formula is C16H29FIN5. The fourth-order valence-electron chi connectivity index (χ4n) is 2.35. The van der Waals surface area contributed by atoms with Crippen LogP contribution >= 0.6 is 24.0 Å². The van der Waals surface area contributed by atoms with Crippen LogP contribution in [0, 0.1) is 5.82 Å². The summed E-state index contributed by atoms with van der Waals surface area (Å²) in [6.45, 7) is 10.8. The maximum Gasteiger partial charge on any atom is 0.191 e. The van der Waals surface area contributed by atoms with Crippen LogP contribution in [0.15, 0.2) is 23.3 Å². The van der Waals surface area contributed by atoms with Crippen molar-refractivity contribution in [2.45, 2.75) is 46.3 Å². The molecule has 0 aromatic carbocycles. The lowest BCUT2D eigenvalue weighted by atomic mass is 10.2. The van der Waals surface area contributed by atoms with Crippen molar-refractivity contribution in [3.8, 4) is 0 Å². The molecule has 0 saturated heterocycles. The molecule has 23 heavy (non-hydrogen) atoms. The Morgan fingerprint density at radius 3 is 2.43 bits per heavy atom. The highest BCUT2D eigenvalue weighted by Gasteiger charge is 2.12. The van der Waals surface area contributed by atoms with Crippen molar-refractivity contribution in [3.63, 3.8) is 0 Å². The molecule has 0 aliphatic heterocycles. The second-order valence-corrected chi connectivity index (χ2v) is 5.71. The minimum absolute atomic E-state index is 0. The van der Waals surface area contributed by atoms with Gasteiger partial charge in [0.25, 0.3) is 0 Å². The fourth-order valence-corrected chi connectivity index (χ4v) is 2.35. The van der Waals surface area contributed by atoms with E-state index in [1.54, 1.807) is 19.3 Å². The second-order valence-electron chi connectivity index (χ2n) is 5.71. The normalized spacial score (nSPS) is 11.8. The number of aliphatic imine (C=N–C) groups is 1. The quantitative estimate of drug-likeness (QED) is 0.391. The summed E-state index contributed by atoms with van der Waals surface area (Å²) in [5, 5.41) is 6.32. The van der Waals surface area contributed by atoms with Crippen molar-refractivity contribution in [1.29, 1.82) is 0 Å². The Kier molecular flexibility index (Phi) is 11.1. The van der Waals surface area contributed by atoms with Crippen molar-refractivity contribution in [2.75, 3.05) is 20.1 Å². The van der Waals surface area contributed by atoms with Crippen LogP contribution in [-0.4, -0.2) is 48.1 Å². The number of pyridine rings is 1. The number of hydrogen-bond donors (Lipinski definition) is 2. The molecular weight excluding hydrogens is 408 g/mol. The van der Waals surface area contributed by atoms with Crippen molar-refractivity contribution >= 4 is 29.9 Å². The van der Waals surface area contributed by atoms with Gasteiger partial charge in [0.1, 0.15) is 5.82 Å². The summed E-state index contributed by atoms with van der Waals surface area (Å²) in [5.41, 5.74) is 0.386. The Morgan fingerprint density at radius 1 is 1.26 bits per heavy atom. The van der Waals surface area contributed by atoms with Crippen LogP contribution in [0.4, 0.5) is 4.39 Å². The molecule has 5 nitrogen and oxygen atoms in total. The van der Waals surface area contributed by atoms with Crippen LogP contribution in [0.2, 0.25) is 0 Å². The summed E-state index contributed by atoms with van der Waals surface area (Å²) in [6, 6.07) is 3.99. The average molecular weight is 437 g/mol. The third-order valence-corrected chi connectivity index (χ3v) is 3.47. The molecule has 0 radical (unpaired) electrons. The summed E-state index contributed by atoms with van der Waals surface area (Å²) in [4.78, 5) is 10.6. The van der Waals surface area contributed by atoms with E-state index in [0.29, 0.717) is 30.3 Å². The molecule has 132 valence electrons. The van der Waals surface area contributed by atoms with Gasteiger partial charge in [-0.2, -0.15) is 0 Å².